The molecular weight excluding hydrogens is 351 g/mol. The maximum atomic E-state index is 13.4. The molecular formula is C20H21FN2O2S. The number of aryl methyl sites for hydroxylation is 3. The molecule has 1 heterocycles. The number of halogens is 1. The molecule has 0 saturated heterocycles. The highest BCUT2D eigenvalue weighted by Crippen LogP contribution is 2.30. The van der Waals surface area contributed by atoms with Crippen molar-refractivity contribution < 1.29 is 12.8 Å². The second-order valence-electron chi connectivity index (χ2n) is 7.08. The van der Waals surface area contributed by atoms with Crippen LogP contribution in [0.15, 0.2) is 41.3 Å². The third kappa shape index (κ3) is 3.04. The van der Waals surface area contributed by atoms with Crippen LogP contribution in [-0.4, -0.2) is 19.4 Å². The van der Waals surface area contributed by atoms with Gasteiger partial charge in [-0.2, -0.15) is 0 Å². The van der Waals surface area contributed by atoms with Crippen LogP contribution in [0.3, 0.4) is 0 Å². The first-order chi connectivity index (χ1) is 12.3. The molecule has 0 amide bonds. The minimum atomic E-state index is -3.56. The Balaban J connectivity index is 1.60. The fourth-order valence-electron chi connectivity index (χ4n) is 3.67. The predicted octanol–water partition coefficient (Wildman–Crippen LogP) is 3.76. The van der Waals surface area contributed by atoms with Crippen LogP contribution < -0.4 is 4.72 Å². The Hall–Kier alpha value is -2.18. The zero-order chi connectivity index (χ0) is 18.5. The molecule has 2 aromatic carbocycles. The first-order valence-electron chi connectivity index (χ1n) is 8.72. The van der Waals surface area contributed by atoms with E-state index in [-0.39, 0.29) is 11.9 Å². The monoisotopic (exact) mass is 372 g/mol. The Labute approximate surface area is 152 Å². The highest BCUT2D eigenvalue weighted by Gasteiger charge is 2.27. The second kappa shape index (κ2) is 6.21. The van der Waals surface area contributed by atoms with Gasteiger partial charge >= 0.3 is 0 Å². The lowest BCUT2D eigenvalue weighted by Gasteiger charge is -2.23. The summed E-state index contributed by atoms with van der Waals surface area (Å²) < 4.78 is 41.8. The average molecular weight is 372 g/mol. The number of benzene rings is 2. The van der Waals surface area contributed by atoms with E-state index in [1.54, 1.807) is 18.2 Å². The van der Waals surface area contributed by atoms with Crippen LogP contribution in [0, 0.1) is 19.7 Å². The zero-order valence-electron chi connectivity index (χ0n) is 14.8. The number of aromatic nitrogens is 1. The van der Waals surface area contributed by atoms with E-state index in [0.29, 0.717) is 17.7 Å². The molecule has 136 valence electrons. The van der Waals surface area contributed by atoms with Crippen LogP contribution in [-0.2, 0) is 22.9 Å². The van der Waals surface area contributed by atoms with Gasteiger partial charge in [-0.25, -0.2) is 17.5 Å². The van der Waals surface area contributed by atoms with Gasteiger partial charge in [0.1, 0.15) is 5.82 Å². The molecule has 1 atom stereocenters. The number of fused-ring (bicyclic) bond motifs is 3. The smallest absolute Gasteiger partial charge is 0.240 e. The molecule has 0 aliphatic heterocycles. The zero-order valence-corrected chi connectivity index (χ0v) is 15.6. The lowest BCUT2D eigenvalue weighted by atomic mass is 9.92. The van der Waals surface area contributed by atoms with Crippen molar-refractivity contribution in [2.24, 2.45) is 0 Å². The van der Waals surface area contributed by atoms with Gasteiger partial charge in [0.05, 0.1) is 4.90 Å². The molecule has 1 aliphatic rings. The van der Waals surface area contributed by atoms with E-state index in [9.17, 15) is 12.8 Å². The number of sulfonamides is 1. The third-order valence-corrected chi connectivity index (χ3v) is 6.78. The van der Waals surface area contributed by atoms with Crippen molar-refractivity contribution in [3.63, 3.8) is 0 Å². The molecule has 4 nitrogen and oxygen atoms in total. The third-order valence-electron chi connectivity index (χ3n) is 5.26. The summed E-state index contributed by atoms with van der Waals surface area (Å²) in [5.41, 5.74) is 4.95. The summed E-state index contributed by atoms with van der Waals surface area (Å²) in [4.78, 5) is 3.57. The SMILES string of the molecule is Cc1ccc(S(=O)(=O)NC2CCc3[nH]c4cc(F)ccc4c3C2)cc1C. The molecule has 26 heavy (non-hydrogen) atoms. The van der Waals surface area contributed by atoms with E-state index in [2.05, 4.69) is 9.71 Å². The van der Waals surface area contributed by atoms with Crippen LogP contribution >= 0.6 is 0 Å². The number of nitrogens with one attached hydrogen (secondary N) is 2. The van der Waals surface area contributed by atoms with Crippen molar-refractivity contribution in [1.82, 2.24) is 9.71 Å². The number of hydrogen-bond acceptors (Lipinski definition) is 2. The summed E-state index contributed by atoms with van der Waals surface area (Å²) in [6, 6.07) is 9.71. The van der Waals surface area contributed by atoms with Gasteiger partial charge in [0, 0.05) is 22.6 Å². The average Bonchev–Trinajstić information content (AvgIpc) is 2.93. The molecule has 0 spiro atoms. The Morgan fingerprint density at radius 1 is 1.12 bits per heavy atom. The van der Waals surface area contributed by atoms with Crippen molar-refractivity contribution >= 4 is 20.9 Å². The Morgan fingerprint density at radius 2 is 1.92 bits per heavy atom. The maximum absolute atomic E-state index is 13.4. The van der Waals surface area contributed by atoms with Gasteiger partial charge in [0.2, 0.25) is 10.0 Å². The van der Waals surface area contributed by atoms with Gasteiger partial charge in [-0.3, -0.25) is 0 Å². The van der Waals surface area contributed by atoms with E-state index >= 15 is 0 Å². The topological polar surface area (TPSA) is 62.0 Å². The fourth-order valence-corrected chi connectivity index (χ4v) is 5.02. The van der Waals surface area contributed by atoms with Gasteiger partial charge in [0.15, 0.2) is 0 Å². The molecule has 2 N–H and O–H groups in total. The summed E-state index contributed by atoms with van der Waals surface area (Å²) in [6.45, 7) is 3.87. The standard InChI is InChI=1S/C20H21FN2O2S/c1-12-3-6-16(9-13(12)2)26(24,25)23-15-5-8-19-18(11-15)17-7-4-14(21)10-20(17)22-19/h3-4,6-7,9-10,15,22-23H,5,8,11H2,1-2H3. The van der Waals surface area contributed by atoms with Crippen LogP contribution in [0.2, 0.25) is 0 Å². The van der Waals surface area contributed by atoms with E-state index in [1.165, 1.54) is 12.1 Å². The van der Waals surface area contributed by atoms with Crippen molar-refractivity contribution in [1.29, 1.82) is 0 Å². The summed E-state index contributed by atoms with van der Waals surface area (Å²) in [5, 5.41) is 0.969. The van der Waals surface area contributed by atoms with Gasteiger partial charge in [-0.1, -0.05) is 6.07 Å². The number of H-pyrrole nitrogens is 1. The molecule has 3 aromatic rings. The molecule has 0 fully saturated rings. The molecule has 1 aromatic heterocycles. The lowest BCUT2D eigenvalue weighted by Crippen LogP contribution is -2.38. The van der Waals surface area contributed by atoms with Gasteiger partial charge in [-0.15, -0.1) is 0 Å². The van der Waals surface area contributed by atoms with Gasteiger partial charge < -0.3 is 4.98 Å². The highest BCUT2D eigenvalue weighted by molar-refractivity contribution is 7.89. The van der Waals surface area contributed by atoms with Gasteiger partial charge in [0.25, 0.3) is 0 Å². The summed E-state index contributed by atoms with van der Waals surface area (Å²) in [5.74, 6) is -0.275. The van der Waals surface area contributed by atoms with Crippen molar-refractivity contribution in [3.8, 4) is 0 Å². The Bertz CT molecular complexity index is 1100. The Morgan fingerprint density at radius 3 is 2.69 bits per heavy atom. The predicted molar refractivity (Wildman–Crippen MR) is 100 cm³/mol. The van der Waals surface area contributed by atoms with Crippen LogP contribution in [0.4, 0.5) is 4.39 Å². The number of aromatic amines is 1. The molecule has 0 saturated carbocycles. The normalized spacial score (nSPS) is 17.4. The van der Waals surface area contributed by atoms with Gasteiger partial charge in [-0.05, 0) is 80.1 Å². The maximum Gasteiger partial charge on any atom is 0.240 e. The summed E-state index contributed by atoms with van der Waals surface area (Å²) in [6.07, 6.45) is 2.06. The summed E-state index contributed by atoms with van der Waals surface area (Å²) >= 11 is 0. The van der Waals surface area contributed by atoms with Crippen LogP contribution in [0.25, 0.3) is 10.9 Å². The van der Waals surface area contributed by atoms with E-state index in [0.717, 1.165) is 39.7 Å². The Kier molecular flexibility index (Phi) is 4.12. The minimum Gasteiger partial charge on any atom is -0.358 e. The fraction of sp³-hybridized carbons (Fsp3) is 0.300. The quantitative estimate of drug-likeness (QED) is 0.735. The second-order valence-corrected chi connectivity index (χ2v) is 8.79. The molecule has 1 aliphatic carbocycles. The van der Waals surface area contributed by atoms with Crippen molar-refractivity contribution in [2.75, 3.05) is 0 Å². The minimum absolute atomic E-state index is 0.168. The number of hydrogen-bond donors (Lipinski definition) is 2. The molecule has 4 rings (SSSR count). The van der Waals surface area contributed by atoms with Crippen molar-refractivity contribution in [3.05, 3.63) is 64.6 Å². The molecule has 0 radical (unpaired) electrons. The highest BCUT2D eigenvalue weighted by atomic mass is 32.2. The van der Waals surface area contributed by atoms with Crippen LogP contribution in [0.1, 0.15) is 28.8 Å². The van der Waals surface area contributed by atoms with E-state index in [1.807, 2.05) is 19.9 Å². The summed E-state index contributed by atoms with van der Waals surface area (Å²) in [7, 11) is -3.56. The number of rotatable bonds is 3. The van der Waals surface area contributed by atoms with E-state index in [4.69, 9.17) is 0 Å². The first kappa shape index (κ1) is 17.2. The largest absolute Gasteiger partial charge is 0.358 e. The lowest BCUT2D eigenvalue weighted by molar-refractivity contribution is 0.506. The van der Waals surface area contributed by atoms with Crippen molar-refractivity contribution in [2.45, 2.75) is 44.0 Å². The van der Waals surface area contributed by atoms with E-state index < -0.39 is 10.0 Å². The molecule has 0 bridgehead atoms. The van der Waals surface area contributed by atoms with Crippen LogP contribution in [0.5, 0.6) is 0 Å². The first-order valence-corrected chi connectivity index (χ1v) is 10.2. The molecule has 6 heteroatoms. The molecule has 1 unspecified atom stereocenters.